The van der Waals surface area contributed by atoms with Crippen molar-refractivity contribution in [2.45, 2.75) is 12.8 Å². The standard InChI is InChI=1S/C19H15N3O6/c23-17-15-10-1-2-11(19(10)3-4-19)16(15)18(24)21(17)20-7-9-5-13-14(28-8-27-13)6-12(9)22(25)26/h1-2,5-7,10-11,15-16H,3-4,8H2/b20-7-/t10-,11-,15-,16+/m0/s1. The van der Waals surface area contributed by atoms with Crippen LogP contribution in [0.1, 0.15) is 18.4 Å². The molecule has 9 heteroatoms. The van der Waals surface area contributed by atoms with Crippen molar-refractivity contribution in [2.24, 2.45) is 34.2 Å². The lowest BCUT2D eigenvalue weighted by atomic mass is 9.85. The van der Waals surface area contributed by atoms with E-state index in [1.165, 1.54) is 18.3 Å². The lowest BCUT2D eigenvalue weighted by molar-refractivity contribution is -0.385. The van der Waals surface area contributed by atoms with E-state index in [1.807, 2.05) is 0 Å². The Morgan fingerprint density at radius 1 is 1.11 bits per heavy atom. The van der Waals surface area contributed by atoms with Crippen LogP contribution in [0.25, 0.3) is 0 Å². The number of nitro benzene ring substituents is 1. The Kier molecular flexibility index (Phi) is 2.81. The lowest BCUT2D eigenvalue weighted by Crippen LogP contribution is -2.30. The number of ether oxygens (including phenoxy) is 2. The van der Waals surface area contributed by atoms with Crippen molar-refractivity contribution in [3.63, 3.8) is 0 Å². The van der Waals surface area contributed by atoms with Crippen LogP contribution in [0, 0.1) is 39.2 Å². The van der Waals surface area contributed by atoms with Crippen molar-refractivity contribution in [1.29, 1.82) is 0 Å². The number of rotatable bonds is 3. The van der Waals surface area contributed by atoms with E-state index in [9.17, 15) is 19.7 Å². The fourth-order valence-electron chi connectivity index (χ4n) is 5.50. The van der Waals surface area contributed by atoms with Gasteiger partial charge in [0.25, 0.3) is 17.5 Å². The summed E-state index contributed by atoms with van der Waals surface area (Å²) in [6.45, 7) is -0.0168. The molecule has 1 spiro atoms. The largest absolute Gasteiger partial charge is 0.454 e. The highest BCUT2D eigenvalue weighted by Gasteiger charge is 2.73. The van der Waals surface area contributed by atoms with Gasteiger partial charge in [-0.1, -0.05) is 12.2 Å². The van der Waals surface area contributed by atoms with Crippen LogP contribution in [0.15, 0.2) is 29.4 Å². The van der Waals surface area contributed by atoms with E-state index in [0.29, 0.717) is 5.75 Å². The van der Waals surface area contributed by atoms with E-state index in [4.69, 9.17) is 9.47 Å². The summed E-state index contributed by atoms with van der Waals surface area (Å²) in [5.74, 6) is -0.457. The van der Waals surface area contributed by atoms with E-state index in [2.05, 4.69) is 17.3 Å². The Labute approximate surface area is 158 Å². The number of nitro groups is 1. The predicted octanol–water partition coefficient (Wildman–Crippen LogP) is 1.85. The van der Waals surface area contributed by atoms with Gasteiger partial charge in [0, 0.05) is 0 Å². The van der Waals surface area contributed by atoms with Gasteiger partial charge in [0.15, 0.2) is 11.5 Å². The normalized spacial score (nSPS) is 32.8. The van der Waals surface area contributed by atoms with Gasteiger partial charge in [0.05, 0.1) is 34.6 Å². The molecule has 142 valence electrons. The lowest BCUT2D eigenvalue weighted by Gasteiger charge is -2.18. The van der Waals surface area contributed by atoms with Crippen LogP contribution < -0.4 is 9.47 Å². The van der Waals surface area contributed by atoms with Gasteiger partial charge in [-0.05, 0) is 36.2 Å². The van der Waals surface area contributed by atoms with E-state index in [0.717, 1.165) is 17.9 Å². The highest BCUT2D eigenvalue weighted by atomic mass is 16.7. The average Bonchev–Trinajstić information content (AvgIpc) is 2.97. The number of hydrazone groups is 1. The highest BCUT2D eigenvalue weighted by molar-refractivity contribution is 6.07. The minimum Gasteiger partial charge on any atom is -0.454 e. The first-order valence-corrected chi connectivity index (χ1v) is 9.19. The van der Waals surface area contributed by atoms with Crippen molar-refractivity contribution in [3.05, 3.63) is 40.0 Å². The molecule has 1 aromatic rings. The van der Waals surface area contributed by atoms with Gasteiger partial charge in [-0.25, -0.2) is 0 Å². The maximum atomic E-state index is 12.9. The molecule has 5 aliphatic rings. The summed E-state index contributed by atoms with van der Waals surface area (Å²) in [6, 6.07) is 2.69. The van der Waals surface area contributed by atoms with Gasteiger partial charge >= 0.3 is 0 Å². The van der Waals surface area contributed by atoms with Gasteiger partial charge in [0.2, 0.25) is 6.79 Å². The molecule has 2 saturated carbocycles. The van der Waals surface area contributed by atoms with Crippen molar-refractivity contribution < 1.29 is 24.0 Å². The summed E-state index contributed by atoms with van der Waals surface area (Å²) >= 11 is 0. The minimum atomic E-state index is -0.563. The number of fused-ring (bicyclic) bond motifs is 4. The second-order valence-electron chi connectivity index (χ2n) is 7.98. The van der Waals surface area contributed by atoms with Gasteiger partial charge in [-0.15, -0.1) is 0 Å². The number of imide groups is 1. The zero-order valence-electron chi connectivity index (χ0n) is 14.6. The van der Waals surface area contributed by atoms with Crippen LogP contribution in [0.3, 0.4) is 0 Å². The maximum Gasteiger partial charge on any atom is 0.282 e. The molecule has 9 nitrogen and oxygen atoms in total. The first-order chi connectivity index (χ1) is 13.5. The summed E-state index contributed by atoms with van der Waals surface area (Å²) in [6.07, 6.45) is 7.48. The topological polar surface area (TPSA) is 111 Å². The van der Waals surface area contributed by atoms with Gasteiger partial charge in [-0.2, -0.15) is 10.1 Å². The molecule has 4 atom stereocenters. The fraction of sp³-hybridized carbons (Fsp3) is 0.421. The van der Waals surface area contributed by atoms with Crippen LogP contribution in [-0.4, -0.2) is 34.8 Å². The highest BCUT2D eigenvalue weighted by Crippen LogP contribution is 2.73. The van der Waals surface area contributed by atoms with E-state index in [-0.39, 0.29) is 64.7 Å². The van der Waals surface area contributed by atoms with Crippen LogP contribution in [0.4, 0.5) is 5.69 Å². The molecule has 1 aromatic carbocycles. The molecule has 3 fully saturated rings. The Morgan fingerprint density at radius 3 is 2.29 bits per heavy atom. The molecule has 2 bridgehead atoms. The number of benzene rings is 1. The Hall–Kier alpha value is -3.23. The van der Waals surface area contributed by atoms with Crippen molar-refractivity contribution >= 4 is 23.7 Å². The SMILES string of the molecule is O=C1[C@@H]2[C@H](C(=O)N1/N=C\c1cc3c(cc1[N+](=O)[O-])OCO3)[C@@H]1C=C[C@@H]2C12CC2. The minimum absolute atomic E-state index is 0.0168. The second kappa shape index (κ2) is 4.98. The molecule has 1 saturated heterocycles. The number of nitrogens with zero attached hydrogens (tertiary/aromatic N) is 3. The van der Waals surface area contributed by atoms with Crippen molar-refractivity contribution in [2.75, 3.05) is 6.79 Å². The monoisotopic (exact) mass is 381 g/mol. The quantitative estimate of drug-likeness (QED) is 0.260. The summed E-state index contributed by atoms with van der Waals surface area (Å²) in [5, 5.41) is 16.3. The number of carbonyl (C=O) groups is 2. The Balaban J connectivity index is 1.33. The number of amides is 2. The molecule has 3 aliphatic carbocycles. The Morgan fingerprint density at radius 2 is 1.71 bits per heavy atom. The third-order valence-corrected chi connectivity index (χ3v) is 6.86. The molecule has 0 N–H and O–H groups in total. The third kappa shape index (κ3) is 1.78. The molecular formula is C19H15N3O6. The smallest absolute Gasteiger partial charge is 0.282 e. The van der Waals surface area contributed by atoms with E-state index in [1.54, 1.807) is 0 Å². The predicted molar refractivity (Wildman–Crippen MR) is 93.4 cm³/mol. The average molecular weight is 381 g/mol. The zero-order valence-corrected chi connectivity index (χ0v) is 14.6. The first-order valence-electron chi connectivity index (χ1n) is 9.19. The van der Waals surface area contributed by atoms with Crippen LogP contribution in [0.2, 0.25) is 0 Å². The summed E-state index contributed by atoms with van der Waals surface area (Å²) < 4.78 is 10.4. The number of allylic oxidation sites excluding steroid dienone is 2. The fourth-order valence-corrected chi connectivity index (χ4v) is 5.50. The molecule has 28 heavy (non-hydrogen) atoms. The molecule has 6 rings (SSSR count). The maximum absolute atomic E-state index is 12.9. The summed E-state index contributed by atoms with van der Waals surface area (Å²) in [7, 11) is 0. The third-order valence-electron chi connectivity index (χ3n) is 6.86. The van der Waals surface area contributed by atoms with Gasteiger partial charge in [-0.3, -0.25) is 19.7 Å². The van der Waals surface area contributed by atoms with Crippen molar-refractivity contribution in [3.8, 4) is 11.5 Å². The molecule has 0 radical (unpaired) electrons. The van der Waals surface area contributed by atoms with Crippen LogP contribution in [0.5, 0.6) is 11.5 Å². The number of hydrogen-bond acceptors (Lipinski definition) is 7. The van der Waals surface area contributed by atoms with Gasteiger partial charge in [0.1, 0.15) is 0 Å². The summed E-state index contributed by atoms with van der Waals surface area (Å²) in [4.78, 5) is 36.6. The summed E-state index contributed by atoms with van der Waals surface area (Å²) in [5.41, 5.74) is 0.0321. The van der Waals surface area contributed by atoms with Crippen molar-refractivity contribution in [1.82, 2.24) is 5.01 Å². The number of hydrogen-bond donors (Lipinski definition) is 0. The van der Waals surface area contributed by atoms with Crippen LogP contribution >= 0.6 is 0 Å². The molecular weight excluding hydrogens is 366 g/mol. The molecule has 2 amide bonds. The molecule has 0 aromatic heterocycles. The molecule has 2 heterocycles. The molecule has 2 aliphatic heterocycles. The number of carbonyl (C=O) groups excluding carboxylic acids is 2. The van der Waals surface area contributed by atoms with E-state index < -0.39 is 4.92 Å². The second-order valence-corrected chi connectivity index (χ2v) is 7.98. The van der Waals surface area contributed by atoms with Crippen LogP contribution in [-0.2, 0) is 9.59 Å². The zero-order chi connectivity index (χ0) is 19.2. The Bertz CT molecular complexity index is 993. The van der Waals surface area contributed by atoms with Gasteiger partial charge < -0.3 is 9.47 Å². The van der Waals surface area contributed by atoms with E-state index >= 15 is 0 Å². The molecule has 0 unspecified atom stereocenters. The first kappa shape index (κ1) is 15.8.